The molecule has 0 saturated carbocycles. The predicted molar refractivity (Wildman–Crippen MR) is 74.4 cm³/mol. The minimum absolute atomic E-state index is 0.349. The lowest BCUT2D eigenvalue weighted by molar-refractivity contribution is -0.133. The van der Waals surface area contributed by atoms with Crippen LogP contribution in [0.15, 0.2) is 0 Å². The van der Waals surface area contributed by atoms with Gasteiger partial charge in [0.15, 0.2) is 0 Å². The van der Waals surface area contributed by atoms with Crippen molar-refractivity contribution in [3.63, 3.8) is 0 Å². The summed E-state index contributed by atoms with van der Waals surface area (Å²) >= 11 is 0. The molecule has 2 saturated heterocycles. The van der Waals surface area contributed by atoms with Gasteiger partial charge in [0, 0.05) is 31.6 Å². The number of piperidine rings is 1. The van der Waals surface area contributed by atoms with Crippen LogP contribution < -0.4 is 5.32 Å². The zero-order chi connectivity index (χ0) is 13.1. The maximum absolute atomic E-state index is 12.3. The molecule has 0 aromatic rings. The first kappa shape index (κ1) is 13.9. The summed E-state index contributed by atoms with van der Waals surface area (Å²) in [7, 11) is 1.97. The Labute approximate surface area is 111 Å². The third kappa shape index (κ3) is 3.25. The summed E-state index contributed by atoms with van der Waals surface area (Å²) in [5, 5.41) is 3.64. The smallest absolute Gasteiger partial charge is 0.222 e. The van der Waals surface area contributed by atoms with Gasteiger partial charge in [0.1, 0.15) is 0 Å². The highest BCUT2D eigenvalue weighted by molar-refractivity contribution is 5.76. The molecule has 1 amide bonds. The molecule has 2 heterocycles. The van der Waals surface area contributed by atoms with E-state index in [0.717, 1.165) is 19.3 Å². The SMILES string of the molecule is CCCC(C)N(C)C(=O)CC1CC2CCC(C1)N2. The van der Waals surface area contributed by atoms with Crippen LogP contribution in [0.3, 0.4) is 0 Å². The number of amides is 1. The molecule has 3 unspecified atom stereocenters. The Kier molecular flexibility index (Phi) is 4.66. The van der Waals surface area contributed by atoms with Crippen LogP contribution in [0.1, 0.15) is 58.8 Å². The van der Waals surface area contributed by atoms with Gasteiger partial charge in [-0.1, -0.05) is 13.3 Å². The highest BCUT2D eigenvalue weighted by Crippen LogP contribution is 2.33. The summed E-state index contributed by atoms with van der Waals surface area (Å²) in [4.78, 5) is 14.2. The number of nitrogens with one attached hydrogen (secondary N) is 1. The van der Waals surface area contributed by atoms with Gasteiger partial charge in [0.05, 0.1) is 0 Å². The van der Waals surface area contributed by atoms with E-state index in [1.54, 1.807) is 0 Å². The molecule has 0 aliphatic carbocycles. The molecule has 2 rings (SSSR count). The maximum Gasteiger partial charge on any atom is 0.222 e. The van der Waals surface area contributed by atoms with Gasteiger partial charge in [0.25, 0.3) is 0 Å². The number of nitrogens with zero attached hydrogens (tertiary/aromatic N) is 1. The second-order valence-electron chi connectivity index (χ2n) is 6.32. The zero-order valence-corrected chi connectivity index (χ0v) is 12.1. The van der Waals surface area contributed by atoms with Crippen molar-refractivity contribution in [2.45, 2.75) is 76.9 Å². The second-order valence-corrected chi connectivity index (χ2v) is 6.32. The van der Waals surface area contributed by atoms with Crippen LogP contribution in [0.4, 0.5) is 0 Å². The molecule has 2 aliphatic heterocycles. The van der Waals surface area contributed by atoms with Gasteiger partial charge in [-0.05, 0) is 44.9 Å². The Morgan fingerprint density at radius 3 is 2.50 bits per heavy atom. The number of hydrogen-bond donors (Lipinski definition) is 1. The van der Waals surface area contributed by atoms with Crippen molar-refractivity contribution in [1.29, 1.82) is 0 Å². The average Bonchev–Trinajstić information content (AvgIpc) is 2.68. The predicted octanol–water partition coefficient (Wildman–Crippen LogP) is 2.55. The summed E-state index contributed by atoms with van der Waals surface area (Å²) in [6.07, 6.45) is 8.07. The van der Waals surface area contributed by atoms with Crippen molar-refractivity contribution in [1.82, 2.24) is 10.2 Å². The number of carbonyl (C=O) groups excluding carboxylic acids is 1. The minimum Gasteiger partial charge on any atom is -0.343 e. The van der Waals surface area contributed by atoms with E-state index in [9.17, 15) is 4.79 Å². The van der Waals surface area contributed by atoms with E-state index in [2.05, 4.69) is 19.2 Å². The van der Waals surface area contributed by atoms with Gasteiger partial charge >= 0.3 is 0 Å². The van der Waals surface area contributed by atoms with Gasteiger partial charge < -0.3 is 10.2 Å². The lowest BCUT2D eigenvalue weighted by Crippen LogP contribution is -2.41. The summed E-state index contributed by atoms with van der Waals surface area (Å²) in [5.41, 5.74) is 0. The number of fused-ring (bicyclic) bond motifs is 2. The number of rotatable bonds is 5. The summed E-state index contributed by atoms with van der Waals surface area (Å²) in [6, 6.07) is 1.78. The van der Waals surface area contributed by atoms with Crippen LogP contribution >= 0.6 is 0 Å². The molecular weight excluding hydrogens is 224 g/mol. The fraction of sp³-hybridized carbons (Fsp3) is 0.933. The Bertz CT molecular complexity index is 280. The van der Waals surface area contributed by atoms with E-state index in [0.29, 0.717) is 30.0 Å². The third-order valence-corrected chi connectivity index (χ3v) is 4.79. The monoisotopic (exact) mass is 252 g/mol. The molecule has 1 N–H and O–H groups in total. The topological polar surface area (TPSA) is 32.3 Å². The molecule has 3 heteroatoms. The highest BCUT2D eigenvalue weighted by atomic mass is 16.2. The van der Waals surface area contributed by atoms with Crippen LogP contribution in [-0.4, -0.2) is 36.0 Å². The van der Waals surface area contributed by atoms with Crippen molar-refractivity contribution >= 4 is 5.91 Å². The summed E-state index contributed by atoms with van der Waals surface area (Å²) < 4.78 is 0. The Balaban J connectivity index is 1.80. The molecule has 18 heavy (non-hydrogen) atoms. The van der Waals surface area contributed by atoms with Crippen LogP contribution in [-0.2, 0) is 4.79 Å². The first-order valence-electron chi connectivity index (χ1n) is 7.61. The Morgan fingerprint density at radius 2 is 1.94 bits per heavy atom. The lowest BCUT2D eigenvalue weighted by Gasteiger charge is -2.31. The standard InChI is InChI=1S/C15H28N2O/c1-4-5-11(2)17(3)15(18)10-12-8-13-6-7-14(9-12)16-13/h11-14,16H,4-10H2,1-3H3. The van der Waals surface area contributed by atoms with Crippen molar-refractivity contribution in [3.8, 4) is 0 Å². The van der Waals surface area contributed by atoms with E-state index in [4.69, 9.17) is 0 Å². The minimum atomic E-state index is 0.349. The zero-order valence-electron chi connectivity index (χ0n) is 12.1. The van der Waals surface area contributed by atoms with E-state index in [1.807, 2.05) is 11.9 Å². The van der Waals surface area contributed by atoms with Gasteiger partial charge in [0.2, 0.25) is 5.91 Å². The van der Waals surface area contributed by atoms with Crippen LogP contribution in [0.5, 0.6) is 0 Å². The maximum atomic E-state index is 12.3. The van der Waals surface area contributed by atoms with E-state index < -0.39 is 0 Å². The molecule has 2 bridgehead atoms. The summed E-state index contributed by atoms with van der Waals surface area (Å²) in [5.74, 6) is 0.967. The lowest BCUT2D eigenvalue weighted by atomic mass is 9.89. The quantitative estimate of drug-likeness (QED) is 0.815. The first-order chi connectivity index (χ1) is 8.60. The first-order valence-corrected chi connectivity index (χ1v) is 7.61. The van der Waals surface area contributed by atoms with Crippen LogP contribution in [0, 0.1) is 5.92 Å². The average molecular weight is 252 g/mol. The van der Waals surface area contributed by atoms with Crippen molar-refractivity contribution < 1.29 is 4.79 Å². The van der Waals surface area contributed by atoms with Crippen molar-refractivity contribution in [3.05, 3.63) is 0 Å². The fourth-order valence-corrected chi connectivity index (χ4v) is 3.59. The molecule has 0 aromatic heterocycles. The fourth-order valence-electron chi connectivity index (χ4n) is 3.59. The van der Waals surface area contributed by atoms with E-state index in [1.165, 1.54) is 25.7 Å². The molecule has 104 valence electrons. The van der Waals surface area contributed by atoms with E-state index >= 15 is 0 Å². The molecule has 0 spiro atoms. The summed E-state index contributed by atoms with van der Waals surface area (Å²) in [6.45, 7) is 4.34. The molecule has 2 fully saturated rings. The third-order valence-electron chi connectivity index (χ3n) is 4.79. The molecule has 3 atom stereocenters. The normalized spacial score (nSPS) is 32.3. The second kappa shape index (κ2) is 6.05. The van der Waals surface area contributed by atoms with Crippen LogP contribution in [0.2, 0.25) is 0 Å². The largest absolute Gasteiger partial charge is 0.343 e. The molecule has 0 aromatic carbocycles. The van der Waals surface area contributed by atoms with Gasteiger partial charge in [-0.2, -0.15) is 0 Å². The van der Waals surface area contributed by atoms with Gasteiger partial charge in [-0.15, -0.1) is 0 Å². The Morgan fingerprint density at radius 1 is 1.33 bits per heavy atom. The molecule has 0 radical (unpaired) electrons. The number of carbonyl (C=O) groups is 1. The molecule has 3 nitrogen and oxygen atoms in total. The molecule has 2 aliphatic rings. The van der Waals surface area contributed by atoms with Crippen molar-refractivity contribution in [2.75, 3.05) is 7.05 Å². The Hall–Kier alpha value is -0.570. The van der Waals surface area contributed by atoms with Gasteiger partial charge in [-0.25, -0.2) is 0 Å². The van der Waals surface area contributed by atoms with E-state index in [-0.39, 0.29) is 0 Å². The van der Waals surface area contributed by atoms with Gasteiger partial charge in [-0.3, -0.25) is 4.79 Å². The highest BCUT2D eigenvalue weighted by Gasteiger charge is 2.34. The van der Waals surface area contributed by atoms with Crippen LogP contribution in [0.25, 0.3) is 0 Å². The number of hydrogen-bond acceptors (Lipinski definition) is 2. The van der Waals surface area contributed by atoms with Crippen molar-refractivity contribution in [2.24, 2.45) is 5.92 Å². The molecular formula is C15H28N2O.